The number of ether oxygens (including phenoxy) is 2. The molecule has 0 radical (unpaired) electrons. The van der Waals surface area contributed by atoms with Crippen LogP contribution in [0.15, 0.2) is 35.9 Å². The summed E-state index contributed by atoms with van der Waals surface area (Å²) in [6.45, 7) is 4.50. The minimum atomic E-state index is -3.64. The zero-order valence-corrected chi connectivity index (χ0v) is 27.3. The van der Waals surface area contributed by atoms with Gasteiger partial charge in [0.25, 0.3) is 0 Å². The molecule has 45 heavy (non-hydrogen) atoms. The summed E-state index contributed by atoms with van der Waals surface area (Å²) >= 11 is 5.98. The predicted octanol–water partition coefficient (Wildman–Crippen LogP) is 6.34. The molecule has 0 saturated heterocycles. The smallest absolute Gasteiger partial charge is 0.335 e. The quantitative estimate of drug-likeness (QED) is 0.237. The number of rotatable bonds is 9. The normalized spacial score (nSPS) is 23.9. The van der Waals surface area contributed by atoms with Crippen LogP contribution in [0.1, 0.15) is 67.4 Å². The minimum Gasteiger partial charge on any atom is -0.491 e. The Morgan fingerprint density at radius 1 is 1.22 bits per heavy atom. The molecule has 1 fully saturated rings. The highest BCUT2D eigenvalue weighted by Gasteiger charge is 2.43. The molecular weight excluding hydrogens is 626 g/mol. The minimum absolute atomic E-state index is 0.0827. The molecule has 2 aromatic carbocycles. The first-order chi connectivity index (χ1) is 21.3. The van der Waals surface area contributed by atoms with Crippen molar-refractivity contribution in [3.63, 3.8) is 0 Å². The Balaban J connectivity index is 1.46. The fraction of sp³-hybridized carbons (Fsp3) is 0.545. The number of benzene rings is 2. The number of sulfonamides is 1. The van der Waals surface area contributed by atoms with Gasteiger partial charge in [0.2, 0.25) is 10.0 Å². The lowest BCUT2D eigenvalue weighted by Crippen LogP contribution is -2.46. The van der Waals surface area contributed by atoms with E-state index < -0.39 is 37.9 Å². The standard InChI is InChI=1S/C33H41ClF2N2O6S/c1-18(19(2)45(37,41)42)22-12-23(13-22)32(43-3)26-9-7-21(26)16-38-17-24-14-27(35)30(34)31(36)25(24)6-4-5-11-44-29-10-8-20(33(39)40)15-28(29)38/h8,10,12,14-15,18-19,21-22,26,32H,4-7,9,11,13,16-17H2,1-3H3,(H,39,40)(H2,37,41,42)/t18-,19-,21+,22?,26-,32+/m1/s1. The number of aromatic carboxylic acids is 1. The molecule has 0 aromatic heterocycles. The van der Waals surface area contributed by atoms with Crippen LogP contribution in [0, 0.1) is 35.3 Å². The number of carboxylic acids is 1. The molecule has 5 rings (SSSR count). The average molecular weight is 667 g/mol. The van der Waals surface area contributed by atoms with Gasteiger partial charge in [-0.1, -0.05) is 24.6 Å². The molecule has 12 heteroatoms. The van der Waals surface area contributed by atoms with E-state index in [0.717, 1.165) is 24.8 Å². The number of hydrogen-bond donors (Lipinski definition) is 2. The van der Waals surface area contributed by atoms with Crippen molar-refractivity contribution >= 4 is 33.3 Å². The van der Waals surface area contributed by atoms with Crippen LogP contribution in [0.25, 0.3) is 0 Å². The molecule has 0 spiro atoms. The number of allylic oxidation sites excluding steroid dienone is 1. The van der Waals surface area contributed by atoms with Gasteiger partial charge in [-0.25, -0.2) is 27.1 Å². The van der Waals surface area contributed by atoms with E-state index in [2.05, 4.69) is 6.08 Å². The number of primary sulfonamides is 1. The third-order valence-corrected chi connectivity index (χ3v) is 11.9. The summed E-state index contributed by atoms with van der Waals surface area (Å²) in [7, 11) is -1.97. The fourth-order valence-electron chi connectivity index (χ4n) is 6.97. The Labute approximate surface area is 268 Å². The molecule has 3 aliphatic rings. The van der Waals surface area contributed by atoms with Gasteiger partial charge in [0, 0.05) is 20.2 Å². The number of anilines is 1. The summed E-state index contributed by atoms with van der Waals surface area (Å²) < 4.78 is 66.0. The Morgan fingerprint density at radius 2 is 1.96 bits per heavy atom. The third kappa shape index (κ3) is 7.01. The van der Waals surface area contributed by atoms with Crippen molar-refractivity contribution in [3.05, 3.63) is 69.3 Å². The highest BCUT2D eigenvalue weighted by molar-refractivity contribution is 7.89. The number of nitrogens with two attached hydrogens (primary N) is 1. The largest absolute Gasteiger partial charge is 0.491 e. The van der Waals surface area contributed by atoms with Crippen LogP contribution in [-0.2, 0) is 27.7 Å². The molecule has 8 nitrogen and oxygen atoms in total. The van der Waals surface area contributed by atoms with Gasteiger partial charge in [0.05, 0.1) is 29.2 Å². The van der Waals surface area contributed by atoms with Crippen molar-refractivity contribution in [2.24, 2.45) is 28.8 Å². The molecule has 1 saturated carbocycles. The average Bonchev–Trinajstić information content (AvgIpc) is 2.98. The molecule has 1 heterocycles. The first kappa shape index (κ1) is 33.6. The Bertz CT molecular complexity index is 1590. The summed E-state index contributed by atoms with van der Waals surface area (Å²) in [6, 6.07) is 5.99. The van der Waals surface area contributed by atoms with Gasteiger partial charge in [0.1, 0.15) is 22.4 Å². The van der Waals surface area contributed by atoms with E-state index >= 15 is 4.39 Å². The maximum Gasteiger partial charge on any atom is 0.335 e. The van der Waals surface area contributed by atoms with E-state index in [-0.39, 0.29) is 41.9 Å². The second-order valence-electron chi connectivity index (χ2n) is 12.7. The lowest BCUT2D eigenvalue weighted by atomic mass is 9.64. The Kier molecular flexibility index (Phi) is 10.1. The lowest BCUT2D eigenvalue weighted by molar-refractivity contribution is -0.000327. The van der Waals surface area contributed by atoms with E-state index in [1.807, 2.05) is 11.8 Å². The SMILES string of the molecule is CO[C@@H](C1=CC([C@H](C)[C@@H](C)S(N)(=O)=O)C1)[C@@H]1CC[C@H]1CN1Cc2cc(F)c(Cl)c(F)c2CCCCOc2ccc(C(=O)O)cc21. The van der Waals surface area contributed by atoms with Crippen LogP contribution >= 0.6 is 11.6 Å². The van der Waals surface area contributed by atoms with Crippen molar-refractivity contribution < 1.29 is 36.6 Å². The van der Waals surface area contributed by atoms with Crippen molar-refractivity contribution in [2.45, 2.75) is 70.3 Å². The highest BCUT2D eigenvalue weighted by Crippen LogP contribution is 2.47. The van der Waals surface area contributed by atoms with E-state index in [9.17, 15) is 22.7 Å². The van der Waals surface area contributed by atoms with E-state index in [4.69, 9.17) is 26.2 Å². The topological polar surface area (TPSA) is 119 Å². The fourth-order valence-corrected chi connectivity index (χ4v) is 7.94. The van der Waals surface area contributed by atoms with Gasteiger partial charge in [-0.05, 0) is 110 Å². The highest BCUT2D eigenvalue weighted by atomic mass is 35.5. The van der Waals surface area contributed by atoms with Gasteiger partial charge < -0.3 is 19.5 Å². The molecule has 2 aliphatic carbocycles. The molecular formula is C33H41ClF2N2O6S. The van der Waals surface area contributed by atoms with Crippen molar-refractivity contribution in [1.82, 2.24) is 0 Å². The van der Waals surface area contributed by atoms with Crippen molar-refractivity contribution in [1.29, 1.82) is 0 Å². The number of methoxy groups -OCH3 is 1. The van der Waals surface area contributed by atoms with Crippen molar-refractivity contribution in [2.75, 3.05) is 25.2 Å². The Morgan fingerprint density at radius 3 is 2.58 bits per heavy atom. The molecule has 0 amide bonds. The van der Waals surface area contributed by atoms with Crippen LogP contribution in [0.4, 0.5) is 14.5 Å². The number of nitrogens with zero attached hydrogens (tertiary/aromatic N) is 1. The summed E-state index contributed by atoms with van der Waals surface area (Å²) in [5, 5.41) is 14.0. The number of carbonyl (C=O) groups is 1. The van der Waals surface area contributed by atoms with Crippen LogP contribution in [0.5, 0.6) is 5.75 Å². The number of carboxylic acid groups (broad SMARTS) is 1. The number of hydrogen-bond acceptors (Lipinski definition) is 6. The third-order valence-electron chi connectivity index (χ3n) is 10.1. The Hall–Kier alpha value is -2.73. The second-order valence-corrected chi connectivity index (χ2v) is 15.0. The zero-order chi connectivity index (χ0) is 32.6. The van der Waals surface area contributed by atoms with E-state index in [0.29, 0.717) is 55.0 Å². The van der Waals surface area contributed by atoms with Crippen molar-refractivity contribution in [3.8, 4) is 5.75 Å². The molecule has 3 N–H and O–H groups in total. The summed E-state index contributed by atoms with van der Waals surface area (Å²) in [5.41, 5.74) is 2.58. The monoisotopic (exact) mass is 666 g/mol. The summed E-state index contributed by atoms with van der Waals surface area (Å²) in [4.78, 5) is 13.9. The molecule has 6 atom stereocenters. The maximum atomic E-state index is 15.3. The van der Waals surface area contributed by atoms with Gasteiger partial charge >= 0.3 is 5.97 Å². The molecule has 2 aromatic rings. The van der Waals surface area contributed by atoms with Crippen LogP contribution < -0.4 is 14.8 Å². The first-order valence-corrected chi connectivity index (χ1v) is 17.4. The molecule has 1 aliphatic heterocycles. The second kappa shape index (κ2) is 13.6. The molecule has 0 bridgehead atoms. The summed E-state index contributed by atoms with van der Waals surface area (Å²) in [6.07, 6.45) is 6.07. The van der Waals surface area contributed by atoms with E-state index in [1.54, 1.807) is 26.2 Å². The molecule has 246 valence electrons. The summed E-state index contributed by atoms with van der Waals surface area (Å²) in [5.74, 6) is -1.94. The number of halogens is 3. The lowest BCUT2D eigenvalue weighted by Gasteiger charge is -2.47. The van der Waals surface area contributed by atoms with Gasteiger partial charge in [-0.2, -0.15) is 0 Å². The molecule has 1 unspecified atom stereocenters. The van der Waals surface area contributed by atoms with Crippen LogP contribution in [0.2, 0.25) is 5.02 Å². The first-order valence-electron chi connectivity index (χ1n) is 15.4. The van der Waals surface area contributed by atoms with Crippen LogP contribution in [0.3, 0.4) is 0 Å². The number of fused-ring (bicyclic) bond motifs is 2. The van der Waals surface area contributed by atoms with Gasteiger partial charge in [-0.3, -0.25) is 0 Å². The maximum absolute atomic E-state index is 15.3. The zero-order valence-electron chi connectivity index (χ0n) is 25.8. The predicted molar refractivity (Wildman–Crippen MR) is 169 cm³/mol. The van der Waals surface area contributed by atoms with Crippen LogP contribution in [-0.4, -0.2) is 51.1 Å². The van der Waals surface area contributed by atoms with E-state index in [1.165, 1.54) is 12.1 Å². The van der Waals surface area contributed by atoms with Gasteiger partial charge in [0.15, 0.2) is 0 Å². The van der Waals surface area contributed by atoms with Gasteiger partial charge in [-0.15, -0.1) is 0 Å².